The Balaban J connectivity index is 2.52. The van der Waals surface area contributed by atoms with Crippen LogP contribution in [0.3, 0.4) is 0 Å². The second-order valence-electron chi connectivity index (χ2n) is 2.48. The van der Waals surface area contributed by atoms with Gasteiger partial charge in [0, 0.05) is 7.11 Å². The van der Waals surface area contributed by atoms with Crippen molar-refractivity contribution >= 4 is 0 Å². The summed E-state index contributed by atoms with van der Waals surface area (Å²) < 4.78 is 9.46. The van der Waals surface area contributed by atoms with Crippen LogP contribution in [0, 0.1) is 0 Å². The molecule has 1 saturated heterocycles. The lowest BCUT2D eigenvalue weighted by molar-refractivity contribution is -0.256. The zero-order chi connectivity index (χ0) is 8.43. The van der Waals surface area contributed by atoms with Crippen molar-refractivity contribution in [3.63, 3.8) is 0 Å². The summed E-state index contributed by atoms with van der Waals surface area (Å²) in [6.45, 7) is 0.0931. The Labute approximate surface area is 64.2 Å². The maximum atomic E-state index is 9.19. The van der Waals surface area contributed by atoms with Crippen molar-refractivity contribution in [2.45, 2.75) is 24.6 Å². The Morgan fingerprint density at radius 1 is 1.27 bits per heavy atom. The molecule has 0 spiro atoms. The number of rotatable bonds is 1. The van der Waals surface area contributed by atoms with Crippen LogP contribution in [0.4, 0.5) is 0 Å². The summed E-state index contributed by atoms with van der Waals surface area (Å²) in [5.41, 5.74) is 0. The highest BCUT2D eigenvalue weighted by molar-refractivity contribution is 4.82. The summed E-state index contributed by atoms with van der Waals surface area (Å²) in [5.74, 6) is 0. The number of ether oxygens (including phenoxy) is 2. The minimum Gasteiger partial charge on any atom is -0.387 e. The van der Waals surface area contributed by atoms with E-state index >= 15 is 0 Å². The van der Waals surface area contributed by atoms with Crippen molar-refractivity contribution in [2.75, 3.05) is 13.7 Å². The van der Waals surface area contributed by atoms with Crippen molar-refractivity contribution in [3.8, 4) is 0 Å². The van der Waals surface area contributed by atoms with Gasteiger partial charge < -0.3 is 24.8 Å². The van der Waals surface area contributed by atoms with Crippen LogP contribution in [0.15, 0.2) is 0 Å². The van der Waals surface area contributed by atoms with Crippen LogP contribution in [0.2, 0.25) is 0 Å². The summed E-state index contributed by atoms with van der Waals surface area (Å²) in [4.78, 5) is 0. The largest absolute Gasteiger partial charge is 0.387 e. The van der Waals surface area contributed by atoms with Crippen LogP contribution in [-0.4, -0.2) is 53.6 Å². The lowest BCUT2D eigenvalue weighted by Gasteiger charge is -2.33. The third-order valence-electron chi connectivity index (χ3n) is 1.76. The average molecular weight is 164 g/mol. The van der Waals surface area contributed by atoms with E-state index in [0.717, 1.165) is 0 Å². The van der Waals surface area contributed by atoms with E-state index in [9.17, 15) is 5.11 Å². The monoisotopic (exact) mass is 164 g/mol. The average Bonchev–Trinajstić information content (AvgIpc) is 2.01. The molecule has 3 N–H and O–H groups in total. The molecule has 5 heteroatoms. The molecule has 0 saturated carbocycles. The molecule has 1 rings (SSSR count). The Hall–Kier alpha value is -0.200. The topological polar surface area (TPSA) is 79.2 Å². The molecular formula is C6H12O5. The van der Waals surface area contributed by atoms with Gasteiger partial charge in [-0.15, -0.1) is 0 Å². The molecule has 0 radical (unpaired) electrons. The summed E-state index contributed by atoms with van der Waals surface area (Å²) >= 11 is 0. The Bertz CT molecular complexity index is 126. The standard InChI is InChI=1S/C6H12O5/c1-10-3-2-11-6(9)5(8)4(3)7/h3-9H,2H2,1H3. The van der Waals surface area contributed by atoms with Gasteiger partial charge in [0.15, 0.2) is 6.29 Å². The van der Waals surface area contributed by atoms with Crippen molar-refractivity contribution in [1.29, 1.82) is 0 Å². The van der Waals surface area contributed by atoms with Crippen molar-refractivity contribution < 1.29 is 24.8 Å². The zero-order valence-corrected chi connectivity index (χ0v) is 6.17. The first kappa shape index (κ1) is 8.89. The van der Waals surface area contributed by atoms with Gasteiger partial charge in [0.2, 0.25) is 0 Å². The van der Waals surface area contributed by atoms with E-state index in [-0.39, 0.29) is 6.61 Å². The molecule has 0 aromatic carbocycles. The Morgan fingerprint density at radius 2 is 1.91 bits per heavy atom. The van der Waals surface area contributed by atoms with Gasteiger partial charge >= 0.3 is 0 Å². The number of methoxy groups -OCH3 is 1. The van der Waals surface area contributed by atoms with Crippen LogP contribution in [0.5, 0.6) is 0 Å². The third-order valence-corrected chi connectivity index (χ3v) is 1.76. The summed E-state index contributed by atoms with van der Waals surface area (Å²) in [7, 11) is 1.40. The molecule has 66 valence electrons. The van der Waals surface area contributed by atoms with E-state index in [0.29, 0.717) is 0 Å². The lowest BCUT2D eigenvalue weighted by atomic mass is 10.1. The van der Waals surface area contributed by atoms with Crippen LogP contribution < -0.4 is 0 Å². The fourth-order valence-corrected chi connectivity index (χ4v) is 0.987. The van der Waals surface area contributed by atoms with E-state index in [1.807, 2.05) is 0 Å². The van der Waals surface area contributed by atoms with E-state index in [1.165, 1.54) is 7.11 Å². The fourth-order valence-electron chi connectivity index (χ4n) is 0.987. The van der Waals surface area contributed by atoms with Crippen molar-refractivity contribution in [1.82, 2.24) is 0 Å². The highest BCUT2D eigenvalue weighted by Gasteiger charge is 2.37. The van der Waals surface area contributed by atoms with Crippen LogP contribution in [0.25, 0.3) is 0 Å². The molecule has 4 unspecified atom stereocenters. The van der Waals surface area contributed by atoms with Gasteiger partial charge in [-0.3, -0.25) is 0 Å². The number of hydrogen-bond acceptors (Lipinski definition) is 5. The second kappa shape index (κ2) is 3.46. The van der Waals surface area contributed by atoms with Crippen LogP contribution >= 0.6 is 0 Å². The van der Waals surface area contributed by atoms with Crippen LogP contribution in [0.1, 0.15) is 0 Å². The van der Waals surface area contributed by atoms with Crippen LogP contribution in [-0.2, 0) is 9.47 Å². The van der Waals surface area contributed by atoms with Crippen molar-refractivity contribution in [2.24, 2.45) is 0 Å². The molecular weight excluding hydrogens is 152 g/mol. The molecule has 0 aliphatic carbocycles. The zero-order valence-electron chi connectivity index (χ0n) is 6.17. The lowest BCUT2D eigenvalue weighted by Crippen LogP contribution is -2.53. The van der Waals surface area contributed by atoms with E-state index in [4.69, 9.17) is 14.9 Å². The molecule has 1 aliphatic heterocycles. The number of aliphatic hydroxyl groups excluding tert-OH is 3. The predicted octanol–water partition coefficient (Wildman–Crippen LogP) is -1.93. The smallest absolute Gasteiger partial charge is 0.183 e. The van der Waals surface area contributed by atoms with Gasteiger partial charge in [0.1, 0.15) is 18.3 Å². The number of hydrogen-bond donors (Lipinski definition) is 3. The predicted molar refractivity (Wildman–Crippen MR) is 34.8 cm³/mol. The molecule has 0 aromatic rings. The van der Waals surface area contributed by atoms with Gasteiger partial charge in [-0.25, -0.2) is 0 Å². The normalized spacial score (nSPS) is 45.8. The maximum Gasteiger partial charge on any atom is 0.183 e. The third kappa shape index (κ3) is 1.69. The minimum absolute atomic E-state index is 0.0931. The van der Waals surface area contributed by atoms with Gasteiger partial charge in [0.25, 0.3) is 0 Å². The van der Waals surface area contributed by atoms with E-state index in [1.54, 1.807) is 0 Å². The van der Waals surface area contributed by atoms with Gasteiger partial charge in [0.05, 0.1) is 6.61 Å². The SMILES string of the molecule is COC1COC(O)C(O)C1O. The van der Waals surface area contributed by atoms with Gasteiger partial charge in [-0.05, 0) is 0 Å². The van der Waals surface area contributed by atoms with Gasteiger partial charge in [-0.2, -0.15) is 0 Å². The first-order valence-corrected chi connectivity index (χ1v) is 3.35. The Morgan fingerprint density at radius 3 is 2.45 bits per heavy atom. The second-order valence-corrected chi connectivity index (χ2v) is 2.48. The van der Waals surface area contributed by atoms with Gasteiger partial charge in [-0.1, -0.05) is 0 Å². The molecule has 5 nitrogen and oxygen atoms in total. The Kier molecular flexibility index (Phi) is 2.80. The fraction of sp³-hybridized carbons (Fsp3) is 1.00. The summed E-state index contributed by atoms with van der Waals surface area (Å²) in [6.07, 6.45) is -4.23. The highest BCUT2D eigenvalue weighted by Crippen LogP contribution is 2.15. The van der Waals surface area contributed by atoms with E-state index < -0.39 is 24.6 Å². The quantitative estimate of drug-likeness (QED) is 0.420. The minimum atomic E-state index is -1.31. The molecule has 11 heavy (non-hydrogen) atoms. The van der Waals surface area contributed by atoms with E-state index in [2.05, 4.69) is 4.74 Å². The highest BCUT2D eigenvalue weighted by atomic mass is 16.6. The maximum absolute atomic E-state index is 9.19. The molecule has 1 aliphatic rings. The molecule has 1 heterocycles. The molecule has 4 atom stereocenters. The molecule has 0 aromatic heterocycles. The summed E-state index contributed by atoms with van der Waals surface area (Å²) in [5, 5.41) is 27.1. The molecule has 0 amide bonds. The number of aliphatic hydroxyl groups is 3. The molecule has 1 fully saturated rings. The first-order chi connectivity index (χ1) is 5.16. The van der Waals surface area contributed by atoms with Crippen molar-refractivity contribution in [3.05, 3.63) is 0 Å². The first-order valence-electron chi connectivity index (χ1n) is 3.35. The molecule has 0 bridgehead atoms. The summed E-state index contributed by atoms with van der Waals surface area (Å²) in [6, 6.07) is 0.